The highest BCUT2D eigenvalue weighted by molar-refractivity contribution is 9.10. The van der Waals surface area contributed by atoms with Crippen LogP contribution in [-0.2, 0) is 16.1 Å². The molecule has 1 amide bonds. The third kappa shape index (κ3) is 6.16. The van der Waals surface area contributed by atoms with Gasteiger partial charge in [0.25, 0.3) is 0 Å². The molecule has 0 radical (unpaired) electrons. The third-order valence-electron chi connectivity index (χ3n) is 3.59. The van der Waals surface area contributed by atoms with Crippen molar-refractivity contribution in [2.75, 3.05) is 34.4 Å². The molecule has 1 rings (SSSR count). The molecule has 0 aliphatic carbocycles. The van der Waals surface area contributed by atoms with Crippen molar-refractivity contribution in [1.29, 1.82) is 0 Å². The van der Waals surface area contributed by atoms with E-state index in [1.165, 1.54) is 0 Å². The maximum absolute atomic E-state index is 12.4. The topological polar surface area (TPSA) is 32.8 Å². The molecule has 5 heteroatoms. The van der Waals surface area contributed by atoms with Crippen LogP contribution in [0.25, 0.3) is 0 Å². The standard InChI is InChI=1S/C16H25BrN2O2/c1-13(18(2)10-5-11-21-4)16(20)19(3)12-14-6-8-15(17)9-7-14/h6-9,13H,5,10-12H2,1-4H3. The lowest BCUT2D eigenvalue weighted by molar-refractivity contribution is -0.135. The van der Waals surface area contributed by atoms with Gasteiger partial charge in [0.15, 0.2) is 0 Å². The summed E-state index contributed by atoms with van der Waals surface area (Å²) in [5.41, 5.74) is 1.13. The Hall–Kier alpha value is -0.910. The number of methoxy groups -OCH3 is 1. The van der Waals surface area contributed by atoms with E-state index in [0.29, 0.717) is 6.54 Å². The average molecular weight is 357 g/mol. The Labute approximate surface area is 136 Å². The zero-order valence-corrected chi connectivity index (χ0v) is 14.9. The van der Waals surface area contributed by atoms with Crippen LogP contribution in [0, 0.1) is 0 Å². The van der Waals surface area contributed by atoms with Gasteiger partial charge in [-0.2, -0.15) is 0 Å². The molecule has 0 spiro atoms. The molecule has 0 saturated heterocycles. The van der Waals surface area contributed by atoms with E-state index < -0.39 is 0 Å². The predicted molar refractivity (Wildman–Crippen MR) is 89.2 cm³/mol. The number of benzene rings is 1. The summed E-state index contributed by atoms with van der Waals surface area (Å²) in [5.74, 6) is 0.137. The van der Waals surface area contributed by atoms with Gasteiger partial charge in [0.1, 0.15) is 0 Å². The van der Waals surface area contributed by atoms with Crippen LogP contribution in [0.15, 0.2) is 28.7 Å². The van der Waals surface area contributed by atoms with Gasteiger partial charge in [0.2, 0.25) is 5.91 Å². The maximum atomic E-state index is 12.4. The van der Waals surface area contributed by atoms with Gasteiger partial charge in [-0.25, -0.2) is 0 Å². The number of likely N-dealkylation sites (N-methyl/N-ethyl adjacent to an activating group) is 2. The van der Waals surface area contributed by atoms with Crippen LogP contribution in [0.3, 0.4) is 0 Å². The molecule has 0 bridgehead atoms. The molecule has 1 aromatic carbocycles. The van der Waals surface area contributed by atoms with E-state index in [0.717, 1.165) is 29.6 Å². The van der Waals surface area contributed by atoms with E-state index in [9.17, 15) is 4.79 Å². The van der Waals surface area contributed by atoms with Crippen molar-refractivity contribution in [3.8, 4) is 0 Å². The largest absolute Gasteiger partial charge is 0.385 e. The molecule has 0 aliphatic heterocycles. The Balaban J connectivity index is 2.50. The van der Waals surface area contributed by atoms with E-state index in [4.69, 9.17) is 4.74 Å². The van der Waals surface area contributed by atoms with Gasteiger partial charge in [-0.3, -0.25) is 9.69 Å². The Bertz CT molecular complexity index is 436. The van der Waals surface area contributed by atoms with Crippen molar-refractivity contribution in [3.63, 3.8) is 0 Å². The molecule has 1 atom stereocenters. The van der Waals surface area contributed by atoms with Gasteiger partial charge in [-0.05, 0) is 38.1 Å². The van der Waals surface area contributed by atoms with Crippen LogP contribution in [0.2, 0.25) is 0 Å². The maximum Gasteiger partial charge on any atom is 0.239 e. The number of ether oxygens (including phenoxy) is 1. The van der Waals surface area contributed by atoms with Gasteiger partial charge in [0.05, 0.1) is 6.04 Å². The molecule has 0 heterocycles. The second-order valence-corrected chi connectivity index (χ2v) is 6.24. The smallest absolute Gasteiger partial charge is 0.239 e. The van der Waals surface area contributed by atoms with Crippen LogP contribution in [0.5, 0.6) is 0 Å². The van der Waals surface area contributed by atoms with E-state index >= 15 is 0 Å². The van der Waals surface area contributed by atoms with Crippen LogP contribution < -0.4 is 0 Å². The number of halogens is 1. The minimum absolute atomic E-state index is 0.123. The van der Waals surface area contributed by atoms with E-state index in [1.807, 2.05) is 45.3 Å². The number of carbonyl (C=O) groups excluding carboxylic acids is 1. The quantitative estimate of drug-likeness (QED) is 0.671. The Morgan fingerprint density at radius 1 is 1.29 bits per heavy atom. The van der Waals surface area contributed by atoms with E-state index in [2.05, 4.69) is 20.8 Å². The molecular weight excluding hydrogens is 332 g/mol. The molecule has 21 heavy (non-hydrogen) atoms. The monoisotopic (exact) mass is 356 g/mol. The highest BCUT2D eigenvalue weighted by atomic mass is 79.9. The summed E-state index contributed by atoms with van der Waals surface area (Å²) < 4.78 is 6.09. The lowest BCUT2D eigenvalue weighted by Gasteiger charge is -2.28. The minimum atomic E-state index is -0.123. The molecular formula is C16H25BrN2O2. The summed E-state index contributed by atoms with van der Waals surface area (Å²) in [4.78, 5) is 16.3. The van der Waals surface area contributed by atoms with Crippen molar-refractivity contribution in [2.45, 2.75) is 25.9 Å². The Morgan fingerprint density at radius 3 is 2.48 bits per heavy atom. The Morgan fingerprint density at radius 2 is 1.90 bits per heavy atom. The SMILES string of the molecule is COCCCN(C)C(C)C(=O)N(C)Cc1ccc(Br)cc1. The first kappa shape index (κ1) is 18.1. The normalized spacial score (nSPS) is 12.5. The fourth-order valence-electron chi connectivity index (χ4n) is 2.10. The number of hydrogen-bond donors (Lipinski definition) is 0. The molecule has 0 fully saturated rings. The van der Waals surface area contributed by atoms with Crippen LogP contribution >= 0.6 is 15.9 Å². The highest BCUT2D eigenvalue weighted by Gasteiger charge is 2.21. The van der Waals surface area contributed by atoms with Crippen molar-refractivity contribution >= 4 is 21.8 Å². The van der Waals surface area contributed by atoms with Gasteiger partial charge >= 0.3 is 0 Å². The summed E-state index contributed by atoms with van der Waals surface area (Å²) >= 11 is 3.42. The van der Waals surface area contributed by atoms with Crippen molar-refractivity contribution < 1.29 is 9.53 Å². The molecule has 0 aliphatic rings. The fraction of sp³-hybridized carbons (Fsp3) is 0.562. The molecule has 1 unspecified atom stereocenters. The van der Waals surface area contributed by atoms with E-state index in [1.54, 1.807) is 12.0 Å². The number of amides is 1. The van der Waals surface area contributed by atoms with Gasteiger partial charge in [0, 0.05) is 38.3 Å². The summed E-state index contributed by atoms with van der Waals surface area (Å²) in [5, 5.41) is 0. The molecule has 1 aromatic rings. The molecule has 0 N–H and O–H groups in total. The first-order valence-electron chi connectivity index (χ1n) is 7.14. The zero-order chi connectivity index (χ0) is 15.8. The van der Waals surface area contributed by atoms with Crippen molar-refractivity contribution in [3.05, 3.63) is 34.3 Å². The van der Waals surface area contributed by atoms with Crippen molar-refractivity contribution in [1.82, 2.24) is 9.80 Å². The number of nitrogens with zero attached hydrogens (tertiary/aromatic N) is 2. The zero-order valence-electron chi connectivity index (χ0n) is 13.3. The molecule has 4 nitrogen and oxygen atoms in total. The summed E-state index contributed by atoms with van der Waals surface area (Å²) in [6.07, 6.45) is 0.932. The summed E-state index contributed by atoms with van der Waals surface area (Å²) in [6.45, 7) is 4.16. The second-order valence-electron chi connectivity index (χ2n) is 5.32. The minimum Gasteiger partial charge on any atom is -0.385 e. The fourth-order valence-corrected chi connectivity index (χ4v) is 2.37. The molecule has 0 aromatic heterocycles. The summed E-state index contributed by atoms with van der Waals surface area (Å²) in [6, 6.07) is 7.92. The third-order valence-corrected chi connectivity index (χ3v) is 4.12. The number of hydrogen-bond acceptors (Lipinski definition) is 3. The Kier molecular flexibility index (Phi) is 7.93. The average Bonchev–Trinajstić information content (AvgIpc) is 2.48. The molecule has 0 saturated carbocycles. The van der Waals surface area contributed by atoms with Gasteiger partial charge in [-0.15, -0.1) is 0 Å². The van der Waals surface area contributed by atoms with Gasteiger partial charge < -0.3 is 9.64 Å². The molecule has 118 valence electrons. The predicted octanol–water partition coefficient (Wildman–Crippen LogP) is 2.76. The lowest BCUT2D eigenvalue weighted by Crippen LogP contribution is -2.44. The first-order chi connectivity index (χ1) is 9.95. The first-order valence-corrected chi connectivity index (χ1v) is 7.93. The highest BCUT2D eigenvalue weighted by Crippen LogP contribution is 2.12. The van der Waals surface area contributed by atoms with Crippen molar-refractivity contribution in [2.24, 2.45) is 0 Å². The van der Waals surface area contributed by atoms with Gasteiger partial charge in [-0.1, -0.05) is 28.1 Å². The second kappa shape index (κ2) is 9.18. The van der Waals surface area contributed by atoms with Crippen LogP contribution in [-0.4, -0.2) is 56.1 Å². The summed E-state index contributed by atoms with van der Waals surface area (Å²) in [7, 11) is 5.52. The van der Waals surface area contributed by atoms with E-state index in [-0.39, 0.29) is 11.9 Å². The van der Waals surface area contributed by atoms with Crippen LogP contribution in [0.1, 0.15) is 18.9 Å². The number of rotatable bonds is 8. The number of carbonyl (C=O) groups is 1. The lowest BCUT2D eigenvalue weighted by atomic mass is 10.2. The van der Waals surface area contributed by atoms with Crippen LogP contribution in [0.4, 0.5) is 0 Å².